The molecular formula is C6H4ClNO2. The smallest absolute Gasteiger partial charge is 0.338 e. The van der Waals surface area contributed by atoms with Crippen LogP contribution in [-0.2, 0) is 0 Å². The van der Waals surface area contributed by atoms with Crippen molar-refractivity contribution in [2.45, 2.75) is 0 Å². The van der Waals surface area contributed by atoms with E-state index in [-0.39, 0.29) is 10.7 Å². The SMILES string of the molecule is O=[13C](O)c1cccnc1Cl. The van der Waals surface area contributed by atoms with E-state index in [4.69, 9.17) is 16.7 Å². The molecule has 10 heavy (non-hydrogen) atoms. The highest BCUT2D eigenvalue weighted by Gasteiger charge is 2.06. The van der Waals surface area contributed by atoms with Crippen LogP contribution in [0.5, 0.6) is 0 Å². The molecule has 4 heteroatoms. The van der Waals surface area contributed by atoms with E-state index in [9.17, 15) is 4.79 Å². The largest absolute Gasteiger partial charge is 0.478 e. The van der Waals surface area contributed by atoms with Gasteiger partial charge in [0, 0.05) is 6.20 Å². The molecule has 0 fully saturated rings. The second-order valence-electron chi connectivity index (χ2n) is 1.65. The van der Waals surface area contributed by atoms with E-state index in [1.807, 2.05) is 0 Å². The summed E-state index contributed by atoms with van der Waals surface area (Å²) in [5.41, 5.74) is 0.0316. The summed E-state index contributed by atoms with van der Waals surface area (Å²) in [4.78, 5) is 13.9. The van der Waals surface area contributed by atoms with Gasteiger partial charge in [-0.15, -0.1) is 0 Å². The van der Waals surface area contributed by atoms with Gasteiger partial charge in [-0.2, -0.15) is 0 Å². The van der Waals surface area contributed by atoms with Crippen molar-refractivity contribution in [1.29, 1.82) is 0 Å². The fourth-order valence-corrected chi connectivity index (χ4v) is 0.746. The highest BCUT2D eigenvalue weighted by Crippen LogP contribution is 2.10. The molecule has 1 heterocycles. The molecule has 1 aromatic heterocycles. The number of aromatic carboxylic acids is 1. The average molecular weight is 159 g/mol. The highest BCUT2D eigenvalue weighted by atomic mass is 35.5. The zero-order valence-electron chi connectivity index (χ0n) is 4.91. The predicted molar refractivity (Wildman–Crippen MR) is 36.2 cm³/mol. The Morgan fingerprint density at radius 1 is 1.70 bits per heavy atom. The number of pyridine rings is 1. The Morgan fingerprint density at radius 3 is 2.80 bits per heavy atom. The summed E-state index contributed by atoms with van der Waals surface area (Å²) in [7, 11) is 0. The van der Waals surface area contributed by atoms with Crippen molar-refractivity contribution in [2.24, 2.45) is 0 Å². The topological polar surface area (TPSA) is 50.2 Å². The van der Waals surface area contributed by atoms with Crippen molar-refractivity contribution in [2.75, 3.05) is 0 Å². The lowest BCUT2D eigenvalue weighted by atomic mass is 10.4. The average Bonchev–Trinajstić information content (AvgIpc) is 1.88. The number of aromatic nitrogens is 1. The molecule has 0 aliphatic carbocycles. The number of hydrogen-bond acceptors (Lipinski definition) is 2. The van der Waals surface area contributed by atoms with E-state index in [1.165, 1.54) is 18.3 Å². The Labute approximate surface area is 62.3 Å². The number of rotatable bonds is 1. The second kappa shape index (κ2) is 2.66. The summed E-state index contributed by atoms with van der Waals surface area (Å²) in [6.07, 6.45) is 1.44. The van der Waals surface area contributed by atoms with Gasteiger partial charge in [0.15, 0.2) is 0 Å². The molecule has 1 N–H and O–H groups in total. The molecule has 0 saturated heterocycles. The van der Waals surface area contributed by atoms with Crippen LogP contribution >= 0.6 is 11.6 Å². The monoisotopic (exact) mass is 158 g/mol. The molecule has 0 aromatic carbocycles. The molecule has 0 spiro atoms. The van der Waals surface area contributed by atoms with Crippen molar-refractivity contribution < 1.29 is 9.90 Å². The lowest BCUT2D eigenvalue weighted by Crippen LogP contribution is -1.97. The maximum absolute atomic E-state index is 10.3. The first-order valence-corrected chi connectivity index (χ1v) is 2.93. The van der Waals surface area contributed by atoms with Gasteiger partial charge in [-0.1, -0.05) is 11.6 Å². The van der Waals surface area contributed by atoms with Crippen LogP contribution in [0.3, 0.4) is 0 Å². The van der Waals surface area contributed by atoms with Crippen molar-refractivity contribution in [1.82, 2.24) is 4.98 Å². The van der Waals surface area contributed by atoms with Gasteiger partial charge >= 0.3 is 5.97 Å². The summed E-state index contributed by atoms with van der Waals surface area (Å²) >= 11 is 5.43. The van der Waals surface area contributed by atoms with E-state index in [2.05, 4.69) is 4.98 Å². The van der Waals surface area contributed by atoms with Crippen LogP contribution in [0.15, 0.2) is 18.3 Å². The first kappa shape index (κ1) is 7.02. The molecule has 0 amide bonds. The molecule has 52 valence electrons. The van der Waals surface area contributed by atoms with Crippen LogP contribution in [0.1, 0.15) is 10.4 Å². The zero-order valence-corrected chi connectivity index (χ0v) is 5.67. The van der Waals surface area contributed by atoms with Gasteiger partial charge in [0.05, 0.1) is 5.56 Å². The fraction of sp³-hybridized carbons (Fsp3) is 0. The van der Waals surface area contributed by atoms with Gasteiger partial charge in [-0.25, -0.2) is 9.78 Å². The molecule has 0 saturated carbocycles. The highest BCUT2D eigenvalue weighted by molar-refractivity contribution is 6.32. The summed E-state index contributed by atoms with van der Waals surface area (Å²) in [5.74, 6) is -1.06. The molecule has 0 aliphatic heterocycles. The third-order valence-electron chi connectivity index (χ3n) is 0.989. The van der Waals surface area contributed by atoms with Crippen molar-refractivity contribution in [3.05, 3.63) is 29.0 Å². The Balaban J connectivity index is 3.15. The van der Waals surface area contributed by atoms with Gasteiger partial charge in [-0.3, -0.25) is 0 Å². The third kappa shape index (κ3) is 1.25. The molecule has 0 atom stereocenters. The minimum atomic E-state index is -1.06. The lowest BCUT2D eigenvalue weighted by Gasteiger charge is -1.93. The van der Waals surface area contributed by atoms with Crippen LogP contribution in [0.2, 0.25) is 5.15 Å². The standard InChI is InChI=1S/C6H4ClNO2/c7-5-4(6(9)10)2-1-3-8-5/h1-3H,(H,9,10)/i6+1. The van der Waals surface area contributed by atoms with Crippen LogP contribution < -0.4 is 0 Å². The van der Waals surface area contributed by atoms with Crippen LogP contribution in [0.4, 0.5) is 0 Å². The van der Waals surface area contributed by atoms with Crippen molar-refractivity contribution in [3.63, 3.8) is 0 Å². The molecule has 0 radical (unpaired) electrons. The molecule has 0 bridgehead atoms. The molecule has 1 aromatic rings. The first-order valence-electron chi connectivity index (χ1n) is 2.55. The minimum Gasteiger partial charge on any atom is -0.478 e. The van der Waals surface area contributed by atoms with E-state index < -0.39 is 5.97 Å². The minimum absolute atomic E-state index is 0.0231. The second-order valence-corrected chi connectivity index (χ2v) is 2.00. The predicted octanol–water partition coefficient (Wildman–Crippen LogP) is 1.43. The van der Waals surface area contributed by atoms with Crippen molar-refractivity contribution >= 4 is 17.6 Å². The first-order chi connectivity index (χ1) is 4.72. The van der Waals surface area contributed by atoms with E-state index >= 15 is 0 Å². The number of hydrogen-bond donors (Lipinski definition) is 1. The van der Waals surface area contributed by atoms with Gasteiger partial charge < -0.3 is 5.11 Å². The molecular weight excluding hydrogens is 155 g/mol. The summed E-state index contributed by atoms with van der Waals surface area (Å²) < 4.78 is 0. The Kier molecular flexibility index (Phi) is 1.87. The quantitative estimate of drug-likeness (QED) is 0.497. The Hall–Kier alpha value is -1.09. The number of nitrogens with zero attached hydrogens (tertiary/aromatic N) is 1. The van der Waals surface area contributed by atoms with E-state index in [0.717, 1.165) is 0 Å². The van der Waals surface area contributed by atoms with Gasteiger partial charge in [0.2, 0.25) is 0 Å². The zero-order chi connectivity index (χ0) is 7.56. The Bertz CT molecular complexity index is 262. The van der Waals surface area contributed by atoms with Gasteiger partial charge in [0.25, 0.3) is 0 Å². The summed E-state index contributed by atoms with van der Waals surface area (Å²) in [6.45, 7) is 0. The Morgan fingerprint density at radius 2 is 2.40 bits per heavy atom. The van der Waals surface area contributed by atoms with E-state index in [0.29, 0.717) is 0 Å². The normalized spacial score (nSPS) is 9.30. The maximum Gasteiger partial charge on any atom is 0.338 e. The molecule has 1 rings (SSSR count). The molecule has 0 unspecified atom stereocenters. The van der Waals surface area contributed by atoms with Crippen molar-refractivity contribution in [3.8, 4) is 0 Å². The van der Waals surface area contributed by atoms with E-state index in [1.54, 1.807) is 0 Å². The number of halogens is 1. The number of carboxylic acid groups (broad SMARTS) is 1. The van der Waals surface area contributed by atoms with Gasteiger partial charge in [0.1, 0.15) is 5.15 Å². The van der Waals surface area contributed by atoms with Crippen LogP contribution in [-0.4, -0.2) is 16.1 Å². The fourth-order valence-electron chi connectivity index (χ4n) is 0.546. The summed E-state index contributed by atoms with van der Waals surface area (Å²) in [6, 6.07) is 2.92. The van der Waals surface area contributed by atoms with Gasteiger partial charge in [-0.05, 0) is 12.1 Å². The summed E-state index contributed by atoms with van der Waals surface area (Å²) in [5, 5.41) is 8.46. The lowest BCUT2D eigenvalue weighted by molar-refractivity contribution is 0.0696. The molecule has 3 nitrogen and oxygen atoms in total. The maximum atomic E-state index is 10.3. The number of carbonyl (C=O) groups is 1. The third-order valence-corrected chi connectivity index (χ3v) is 1.29. The van der Waals surface area contributed by atoms with Crippen LogP contribution in [0.25, 0.3) is 0 Å². The number of carboxylic acids is 1. The van der Waals surface area contributed by atoms with Crippen LogP contribution in [0, 0.1) is 0 Å². The molecule has 0 aliphatic rings.